The number of amides is 2. The fourth-order valence-corrected chi connectivity index (χ4v) is 2.18. The number of nitrogens with one attached hydrogen (secondary N) is 2. The predicted octanol–water partition coefficient (Wildman–Crippen LogP) is 2.24. The van der Waals surface area contributed by atoms with Crippen molar-refractivity contribution in [1.82, 2.24) is 5.32 Å². The SMILES string of the molecule is O=C(NCC(O)Cc1ccccc1)C(=O)Nc1ccc(OC(F)(F)F)cc1. The number of rotatable bonds is 6. The number of halogens is 3. The molecule has 0 aliphatic heterocycles. The second-order valence-corrected chi connectivity index (χ2v) is 5.58. The smallest absolute Gasteiger partial charge is 0.406 e. The lowest BCUT2D eigenvalue weighted by Gasteiger charge is -2.12. The van der Waals surface area contributed by atoms with E-state index in [9.17, 15) is 27.9 Å². The van der Waals surface area contributed by atoms with Crippen molar-refractivity contribution in [2.45, 2.75) is 18.9 Å². The number of aliphatic hydroxyl groups excluding tert-OH is 1. The molecule has 2 aromatic carbocycles. The van der Waals surface area contributed by atoms with Gasteiger partial charge >= 0.3 is 18.2 Å². The van der Waals surface area contributed by atoms with Crippen molar-refractivity contribution in [3.63, 3.8) is 0 Å². The number of aliphatic hydroxyl groups is 1. The second kappa shape index (κ2) is 9.04. The molecule has 0 saturated heterocycles. The van der Waals surface area contributed by atoms with Crippen LogP contribution in [0.3, 0.4) is 0 Å². The Hall–Kier alpha value is -3.07. The summed E-state index contributed by atoms with van der Waals surface area (Å²) in [5.74, 6) is -2.43. The van der Waals surface area contributed by atoms with Crippen LogP contribution in [0.2, 0.25) is 0 Å². The van der Waals surface area contributed by atoms with E-state index in [-0.39, 0.29) is 12.2 Å². The Morgan fingerprint density at radius 3 is 2.22 bits per heavy atom. The summed E-state index contributed by atoms with van der Waals surface area (Å²) in [7, 11) is 0. The van der Waals surface area contributed by atoms with Crippen molar-refractivity contribution in [2.24, 2.45) is 0 Å². The maximum Gasteiger partial charge on any atom is 0.573 e. The van der Waals surface area contributed by atoms with E-state index in [0.29, 0.717) is 6.42 Å². The van der Waals surface area contributed by atoms with Gasteiger partial charge in [0.25, 0.3) is 0 Å². The Labute approximate surface area is 153 Å². The second-order valence-electron chi connectivity index (χ2n) is 5.58. The Morgan fingerprint density at radius 2 is 1.63 bits per heavy atom. The van der Waals surface area contributed by atoms with Gasteiger partial charge in [0.1, 0.15) is 5.75 Å². The topological polar surface area (TPSA) is 87.7 Å². The van der Waals surface area contributed by atoms with Gasteiger partial charge in [-0.15, -0.1) is 13.2 Å². The van der Waals surface area contributed by atoms with E-state index in [1.807, 2.05) is 30.3 Å². The minimum Gasteiger partial charge on any atom is -0.406 e. The summed E-state index contributed by atoms with van der Waals surface area (Å²) in [5.41, 5.74) is 0.999. The molecule has 0 heterocycles. The van der Waals surface area contributed by atoms with Gasteiger partial charge in [-0.3, -0.25) is 9.59 Å². The Kier molecular flexibility index (Phi) is 6.78. The van der Waals surface area contributed by atoms with Gasteiger partial charge in [0.05, 0.1) is 6.10 Å². The zero-order valence-corrected chi connectivity index (χ0v) is 14.0. The molecule has 6 nitrogen and oxygen atoms in total. The predicted molar refractivity (Wildman–Crippen MR) is 90.9 cm³/mol. The molecule has 0 aliphatic rings. The molecule has 1 unspecified atom stereocenters. The fourth-order valence-electron chi connectivity index (χ4n) is 2.18. The van der Waals surface area contributed by atoms with Gasteiger partial charge in [-0.1, -0.05) is 30.3 Å². The van der Waals surface area contributed by atoms with Crippen LogP contribution in [0, 0.1) is 0 Å². The lowest BCUT2D eigenvalue weighted by atomic mass is 10.1. The average Bonchev–Trinajstić information content (AvgIpc) is 2.61. The first-order valence-corrected chi connectivity index (χ1v) is 7.90. The highest BCUT2D eigenvalue weighted by atomic mass is 19.4. The first kappa shape index (κ1) is 20.2. The van der Waals surface area contributed by atoms with Gasteiger partial charge in [0.2, 0.25) is 0 Å². The fraction of sp³-hybridized carbons (Fsp3) is 0.222. The lowest BCUT2D eigenvalue weighted by molar-refractivity contribution is -0.274. The molecule has 3 N–H and O–H groups in total. The molecular weight excluding hydrogens is 365 g/mol. The summed E-state index contributed by atoms with van der Waals surface area (Å²) in [6.45, 7) is -0.125. The molecule has 2 aromatic rings. The third-order valence-electron chi connectivity index (χ3n) is 3.36. The zero-order chi connectivity index (χ0) is 19.9. The Balaban J connectivity index is 1.79. The van der Waals surface area contributed by atoms with E-state index in [0.717, 1.165) is 29.8 Å². The molecule has 0 radical (unpaired) electrons. The van der Waals surface area contributed by atoms with Crippen molar-refractivity contribution < 1.29 is 32.6 Å². The van der Waals surface area contributed by atoms with Crippen molar-refractivity contribution in [3.8, 4) is 5.75 Å². The highest BCUT2D eigenvalue weighted by Gasteiger charge is 2.31. The molecule has 27 heavy (non-hydrogen) atoms. The molecule has 1 atom stereocenters. The highest BCUT2D eigenvalue weighted by Crippen LogP contribution is 2.23. The molecule has 0 aliphatic carbocycles. The minimum atomic E-state index is -4.81. The summed E-state index contributed by atoms with van der Waals surface area (Å²) in [4.78, 5) is 23.5. The number of carbonyl (C=O) groups is 2. The van der Waals surface area contributed by atoms with Crippen LogP contribution >= 0.6 is 0 Å². The average molecular weight is 382 g/mol. The van der Waals surface area contributed by atoms with E-state index in [4.69, 9.17) is 0 Å². The molecule has 0 spiro atoms. The van der Waals surface area contributed by atoms with Crippen LogP contribution in [0.25, 0.3) is 0 Å². The summed E-state index contributed by atoms with van der Waals surface area (Å²) in [6, 6.07) is 13.5. The van der Waals surface area contributed by atoms with Crippen LogP contribution in [0.1, 0.15) is 5.56 Å². The number of anilines is 1. The summed E-state index contributed by atoms with van der Waals surface area (Å²) < 4.78 is 39.9. The first-order chi connectivity index (χ1) is 12.7. The van der Waals surface area contributed by atoms with Gasteiger partial charge in [-0.25, -0.2) is 0 Å². The molecule has 9 heteroatoms. The summed E-state index contributed by atoms with van der Waals surface area (Å²) >= 11 is 0. The third kappa shape index (κ3) is 7.37. The van der Waals surface area contributed by atoms with Gasteiger partial charge in [-0.2, -0.15) is 0 Å². The molecule has 2 rings (SSSR count). The van der Waals surface area contributed by atoms with E-state index in [1.54, 1.807) is 0 Å². The van der Waals surface area contributed by atoms with Gasteiger partial charge < -0.3 is 20.5 Å². The van der Waals surface area contributed by atoms with Gasteiger partial charge in [0, 0.05) is 18.7 Å². The van der Waals surface area contributed by atoms with E-state index < -0.39 is 30.0 Å². The maximum absolute atomic E-state index is 12.1. The van der Waals surface area contributed by atoms with E-state index >= 15 is 0 Å². The number of hydrogen-bond donors (Lipinski definition) is 3. The molecular formula is C18H17F3N2O4. The summed E-state index contributed by atoms with van der Waals surface area (Å²) in [6.07, 6.45) is -5.38. The molecule has 0 aromatic heterocycles. The molecule has 0 fully saturated rings. The largest absolute Gasteiger partial charge is 0.573 e. The summed E-state index contributed by atoms with van der Waals surface area (Å²) in [5, 5.41) is 14.4. The van der Waals surface area contributed by atoms with Crippen molar-refractivity contribution in [1.29, 1.82) is 0 Å². The zero-order valence-electron chi connectivity index (χ0n) is 14.0. The molecule has 0 saturated carbocycles. The minimum absolute atomic E-state index is 0.120. The highest BCUT2D eigenvalue weighted by molar-refractivity contribution is 6.39. The molecule has 144 valence electrons. The van der Waals surface area contributed by atoms with Gasteiger partial charge in [0.15, 0.2) is 0 Å². The number of benzene rings is 2. The quantitative estimate of drug-likeness (QED) is 0.669. The van der Waals surface area contributed by atoms with Crippen LogP contribution in [0.15, 0.2) is 54.6 Å². The van der Waals surface area contributed by atoms with Crippen LogP contribution in [0.5, 0.6) is 5.75 Å². The lowest BCUT2D eigenvalue weighted by Crippen LogP contribution is -2.40. The first-order valence-electron chi connectivity index (χ1n) is 7.90. The van der Waals surface area contributed by atoms with Crippen molar-refractivity contribution >= 4 is 17.5 Å². The van der Waals surface area contributed by atoms with Crippen LogP contribution in [0.4, 0.5) is 18.9 Å². The number of hydrogen-bond acceptors (Lipinski definition) is 4. The number of carbonyl (C=O) groups excluding carboxylic acids is 2. The number of alkyl halides is 3. The van der Waals surface area contributed by atoms with Crippen LogP contribution in [-0.4, -0.2) is 35.9 Å². The van der Waals surface area contributed by atoms with Gasteiger partial charge in [-0.05, 0) is 29.8 Å². The van der Waals surface area contributed by atoms with Crippen molar-refractivity contribution in [3.05, 3.63) is 60.2 Å². The van der Waals surface area contributed by atoms with Crippen LogP contribution in [-0.2, 0) is 16.0 Å². The maximum atomic E-state index is 12.1. The van der Waals surface area contributed by atoms with E-state index in [2.05, 4.69) is 15.4 Å². The molecule has 0 bridgehead atoms. The van der Waals surface area contributed by atoms with E-state index in [1.165, 1.54) is 0 Å². The van der Waals surface area contributed by atoms with Crippen molar-refractivity contribution in [2.75, 3.05) is 11.9 Å². The third-order valence-corrected chi connectivity index (χ3v) is 3.36. The van der Waals surface area contributed by atoms with Crippen LogP contribution < -0.4 is 15.4 Å². The normalized spacial score (nSPS) is 12.1. The standard InChI is InChI=1S/C18H17F3N2O4/c19-18(20,21)27-15-8-6-13(7-9-15)23-17(26)16(25)22-11-14(24)10-12-4-2-1-3-5-12/h1-9,14,24H,10-11H2,(H,22,25)(H,23,26). The number of ether oxygens (including phenoxy) is 1. The monoisotopic (exact) mass is 382 g/mol. The Bertz CT molecular complexity index is 764. The molecule has 2 amide bonds. The Morgan fingerprint density at radius 1 is 1.00 bits per heavy atom.